The molecule has 0 N–H and O–H groups in total. The van der Waals surface area contributed by atoms with Crippen molar-refractivity contribution in [1.29, 1.82) is 0 Å². The van der Waals surface area contributed by atoms with E-state index in [9.17, 15) is 28.0 Å². The lowest BCUT2D eigenvalue weighted by Gasteiger charge is -2.45. The van der Waals surface area contributed by atoms with Gasteiger partial charge in [0, 0.05) is 114 Å². The van der Waals surface area contributed by atoms with E-state index in [1.165, 1.54) is 17.7 Å². The van der Waals surface area contributed by atoms with Crippen molar-refractivity contribution in [2.75, 3.05) is 0 Å². The zero-order valence-corrected chi connectivity index (χ0v) is 82.1. The summed E-state index contributed by atoms with van der Waals surface area (Å²) < 4.78 is 53.5. The molecule has 0 spiro atoms. The number of ketones is 4. The Bertz CT molecular complexity index is 8010. The molecule has 12 atom stereocenters. The maximum Gasteiger partial charge on any atom is 0.278 e. The number of fused-ring (bicyclic) bond motifs is 12. The van der Waals surface area contributed by atoms with Gasteiger partial charge < -0.3 is 32.7 Å². The summed E-state index contributed by atoms with van der Waals surface area (Å²) in [6, 6.07) is 71.5. The van der Waals surface area contributed by atoms with Gasteiger partial charge in [-0.15, -0.1) is 0 Å². The van der Waals surface area contributed by atoms with Crippen LogP contribution < -0.4 is 0 Å². The van der Waals surface area contributed by atoms with Crippen molar-refractivity contribution in [2.45, 2.75) is 149 Å². The fraction of sp³-hybridized carbons (Fsp3) is 0.263. The van der Waals surface area contributed by atoms with Crippen molar-refractivity contribution in [3.05, 3.63) is 398 Å². The largest absolute Gasteiger partial charge is 0.339 e. The fourth-order valence-electron chi connectivity index (χ4n) is 24.2. The van der Waals surface area contributed by atoms with E-state index in [-0.39, 0.29) is 105 Å². The summed E-state index contributed by atoms with van der Waals surface area (Å²) in [5.74, 6) is 1.75. The number of Topliss-reactive ketones (excluding diaryl/α,β-unsaturated/α-hetero) is 4. The summed E-state index contributed by atoms with van der Waals surface area (Å²) in [4.78, 5) is 83.8. The number of aryl methyl sites for hydroxylation is 3. The molecule has 146 heavy (non-hydrogen) atoms. The molecule has 26 nitrogen and oxygen atoms in total. The Morgan fingerprint density at radius 2 is 0.658 bits per heavy atom. The Kier molecular flexibility index (Phi) is 24.4. The average Bonchev–Trinajstić information content (AvgIpc) is 1.57. The van der Waals surface area contributed by atoms with Gasteiger partial charge in [0.25, 0.3) is 11.8 Å². The molecule has 722 valence electrons. The van der Waals surface area contributed by atoms with Crippen LogP contribution in [-0.4, -0.2) is 97.7 Å². The first-order valence-corrected chi connectivity index (χ1v) is 49.0. The van der Waals surface area contributed by atoms with Crippen molar-refractivity contribution >= 4 is 23.1 Å². The van der Waals surface area contributed by atoms with Gasteiger partial charge in [-0.2, -0.15) is 35.3 Å². The number of halogens is 2. The van der Waals surface area contributed by atoms with Crippen LogP contribution in [0.15, 0.2) is 291 Å². The maximum atomic E-state index is 15.0. The maximum absolute atomic E-state index is 15.0. The van der Waals surface area contributed by atoms with Gasteiger partial charge in [-0.25, -0.2) is 51.9 Å². The topological polar surface area (TPSA) is 287 Å². The molecule has 8 aliphatic rings. The van der Waals surface area contributed by atoms with Gasteiger partial charge in [0.05, 0.1) is 83.2 Å². The minimum absolute atomic E-state index is 0.00237. The van der Waals surface area contributed by atoms with Crippen molar-refractivity contribution in [1.82, 2.24) is 74.5 Å². The Hall–Kier alpha value is -17.4. The van der Waals surface area contributed by atoms with Gasteiger partial charge >= 0.3 is 0 Å². The standard InChI is InChI=1S/C31H26N4O.2C29H24FN5O2.C29H25N5O2/c1-20-25-16-15-24-28(22-12-8-5-9-13-22)34-35(30(24)31(25,2)18-26(32-3)29(20)36)27-17-14-23(19-33-27)21-10-6-4-7-11-21;1-16-22-14-13-21-25(20-7-5-6-8-23(20)30)33-35(27(21)29(22,3)15-24(31-4)26(16)36)19-11-9-18(10-12-19)28-32-17(2)37-34-28;1-16-22-14-13-21-25(20-7-5-6-8-23(20)30)33-35(27(21)29(22,3)15-24(31-4)26(16)36)19-11-9-18(10-12-19)28-32-17(2)34-37-28;1-17-23-15-14-22-25(28-31-18(2)33-36-28)32-34(27(22)29(23,3)16-24(30-4)26(17)35)21-12-10-20(11-13-21)19-8-6-5-7-9-19/h4-14,17-20,25H,15-16H2,1-2H3;2*5-12,15-16,22H,13-14H2,1-3H3;5-13,16-17,23H,14-15H2,1-3H3/t20-,25-,31-;2*16-,22-,29-;17-,23-,29-/m1111/s1. The van der Waals surface area contributed by atoms with Crippen molar-refractivity contribution in [3.63, 3.8) is 0 Å². The fourth-order valence-corrected chi connectivity index (χ4v) is 24.2. The highest BCUT2D eigenvalue weighted by Crippen LogP contribution is 2.58. The van der Waals surface area contributed by atoms with Crippen LogP contribution in [0.5, 0.6) is 0 Å². The smallest absolute Gasteiger partial charge is 0.278 e. The number of aromatic nitrogens is 15. The van der Waals surface area contributed by atoms with Gasteiger partial charge in [-0.1, -0.05) is 223 Å². The molecule has 8 heterocycles. The van der Waals surface area contributed by atoms with Gasteiger partial charge in [0.15, 0.2) is 46.3 Å². The highest BCUT2D eigenvalue weighted by Gasteiger charge is 2.56. The number of benzene rings is 8. The molecule has 0 bridgehead atoms. The molecule has 0 amide bonds. The highest BCUT2D eigenvalue weighted by atomic mass is 19.1. The molecule has 0 saturated carbocycles. The number of hydrogen-bond donors (Lipinski definition) is 0. The zero-order valence-electron chi connectivity index (χ0n) is 82.1. The second kappa shape index (κ2) is 37.5. The number of rotatable bonds is 12. The second-order valence-corrected chi connectivity index (χ2v) is 39.8. The Morgan fingerprint density at radius 1 is 0.336 bits per heavy atom. The molecule has 0 fully saturated rings. The molecular weight excluding hydrogens is 1830 g/mol. The van der Waals surface area contributed by atoms with Crippen LogP contribution in [0.4, 0.5) is 8.78 Å². The molecule has 28 heteroatoms. The molecule has 0 unspecified atom stereocenters. The summed E-state index contributed by atoms with van der Waals surface area (Å²) in [7, 11) is 0. The second-order valence-electron chi connectivity index (χ2n) is 39.8. The number of carbonyl (C=O) groups excluding carboxylic acids is 4. The van der Waals surface area contributed by atoms with E-state index >= 15 is 0 Å². The van der Waals surface area contributed by atoms with E-state index < -0.39 is 21.7 Å². The molecule has 8 aromatic carbocycles. The molecule has 0 saturated heterocycles. The van der Waals surface area contributed by atoms with Gasteiger partial charge in [0.2, 0.25) is 34.5 Å². The average molecular weight is 1930 g/mol. The minimum atomic E-state index is -0.625. The van der Waals surface area contributed by atoms with E-state index in [0.29, 0.717) is 76.2 Å². The molecule has 0 radical (unpaired) electrons. The zero-order chi connectivity index (χ0) is 102. The molecule has 0 aliphatic heterocycles. The number of hydrogen-bond acceptors (Lipinski definition) is 18. The Balaban J connectivity index is 0.000000114. The summed E-state index contributed by atoms with van der Waals surface area (Å²) in [6.45, 7) is 52.0. The van der Waals surface area contributed by atoms with E-state index in [1.54, 1.807) is 57.2 Å². The predicted molar refractivity (Wildman–Crippen MR) is 545 cm³/mol. The van der Waals surface area contributed by atoms with Crippen LogP contribution in [0.25, 0.3) is 133 Å². The Labute approximate surface area is 841 Å². The number of pyridine rings is 1. The quantitative estimate of drug-likeness (QED) is 0.103. The van der Waals surface area contributed by atoms with Crippen LogP contribution in [0.3, 0.4) is 0 Å². The molecule has 24 rings (SSSR count). The molecule has 8 aliphatic carbocycles. The predicted octanol–water partition coefficient (Wildman–Crippen LogP) is 23.9. The highest BCUT2D eigenvalue weighted by molar-refractivity contribution is 6.03. The SMILES string of the molecule is [C-]#[N+]C1=C[C@@]2(C)c3c(c(-c4ccccc4)nn3-c3ccc(-c4ccccc4)cn3)CC[C@@H]2[C@@H](C)C1=O.[C-]#[N+]C1=C[C@@]2(C)c3c(c(-c4ccccc4F)nn3-c3ccc(-c4nc(C)no4)cc3)CC[C@@H]2[C@@H](C)C1=O.[C-]#[N+]C1=C[C@@]2(C)c3c(c(-c4ccccc4F)nn3-c3ccc(-c4noc(C)n4)cc3)CC[C@@H]2[C@@H](C)C1=O.[C-]#[N+]C1=C[C@@]2(C)c3c(c(-c4nc(C)no4)nn3-c3ccc(-c4ccccc4)cc3)CC[C@@H]2[C@@H](C)C1=O. The van der Waals surface area contributed by atoms with E-state index in [4.69, 9.17) is 65.2 Å². The third-order valence-electron chi connectivity index (χ3n) is 31.3. The first kappa shape index (κ1) is 94.8. The third kappa shape index (κ3) is 16.2. The normalized spacial score (nSPS) is 22.8. The summed E-state index contributed by atoms with van der Waals surface area (Å²) in [6.07, 6.45) is 15.4. The molecular formula is C118H99F2N19O7. The van der Waals surface area contributed by atoms with Crippen molar-refractivity contribution in [2.24, 2.45) is 47.3 Å². The van der Waals surface area contributed by atoms with E-state index in [0.717, 1.165) is 146 Å². The lowest BCUT2D eigenvalue weighted by atomic mass is 9.58. The monoisotopic (exact) mass is 1930 g/mol. The van der Waals surface area contributed by atoms with Crippen LogP contribution in [0.2, 0.25) is 0 Å². The van der Waals surface area contributed by atoms with E-state index in [1.807, 2.05) is 186 Å². The Morgan fingerprint density at radius 3 is 1.02 bits per heavy atom. The summed E-state index contributed by atoms with van der Waals surface area (Å²) >= 11 is 0. The molecule has 16 aromatic rings. The number of nitrogens with zero attached hydrogens (tertiary/aromatic N) is 19. The summed E-state index contributed by atoms with van der Waals surface area (Å²) in [5, 5.41) is 31.9. The molecule has 8 aromatic heterocycles. The van der Waals surface area contributed by atoms with Gasteiger partial charge in [0.1, 0.15) is 11.6 Å². The lowest BCUT2D eigenvalue weighted by molar-refractivity contribution is -0.122. The van der Waals surface area contributed by atoms with Crippen LogP contribution in [0, 0.1) is 106 Å². The number of allylic oxidation sites excluding steroid dienone is 8. The van der Waals surface area contributed by atoms with Gasteiger partial charge in [-0.05, 0) is 203 Å². The third-order valence-corrected chi connectivity index (χ3v) is 31.3. The number of carbonyl (C=O) groups is 4. The van der Waals surface area contributed by atoms with Gasteiger partial charge in [-0.3, -0.25) is 0 Å². The van der Waals surface area contributed by atoms with Crippen LogP contribution in [0.1, 0.15) is 144 Å². The van der Waals surface area contributed by atoms with Crippen molar-refractivity contribution in [3.8, 4) is 113 Å². The first-order valence-electron chi connectivity index (χ1n) is 49.0. The van der Waals surface area contributed by atoms with Crippen LogP contribution >= 0.6 is 0 Å². The lowest BCUT2D eigenvalue weighted by Crippen LogP contribution is -2.46. The minimum Gasteiger partial charge on any atom is -0.339 e. The van der Waals surface area contributed by atoms with E-state index in [2.05, 4.69) is 144 Å². The first-order chi connectivity index (χ1) is 70.5. The van der Waals surface area contributed by atoms with Crippen LogP contribution in [-0.2, 0) is 66.5 Å². The van der Waals surface area contributed by atoms with Crippen molar-refractivity contribution < 1.29 is 41.5 Å². The summed E-state index contributed by atoms with van der Waals surface area (Å²) in [5.41, 5.74) is 19.5.